The van der Waals surface area contributed by atoms with Crippen molar-refractivity contribution in [2.24, 2.45) is 5.73 Å². The fraction of sp³-hybridized carbons (Fsp3) is 0.143. The van der Waals surface area contributed by atoms with Crippen LogP contribution in [0, 0.1) is 11.8 Å². The molecule has 0 atom stereocenters. The Morgan fingerprint density at radius 1 is 1.16 bits per heavy atom. The summed E-state index contributed by atoms with van der Waals surface area (Å²) < 4.78 is 1.36. The highest BCUT2D eigenvalue weighted by Gasteiger charge is 1.99. The lowest BCUT2D eigenvalue weighted by atomic mass is 10.2. The molecule has 0 spiro atoms. The molecule has 2 rings (SSSR count). The number of benzene rings is 1. The molecule has 5 heteroatoms. The number of nitrogens with two attached hydrogens (primary N) is 1. The maximum absolute atomic E-state index is 11.6. The van der Waals surface area contributed by atoms with Gasteiger partial charge >= 0.3 is 5.69 Å². The van der Waals surface area contributed by atoms with Gasteiger partial charge in [-0.15, -0.1) is 0 Å². The lowest BCUT2D eigenvalue weighted by molar-refractivity contribution is 0.896. The molecular weight excluding hydrogens is 242 g/mol. The molecule has 0 aliphatic carbocycles. The van der Waals surface area contributed by atoms with Gasteiger partial charge < -0.3 is 5.73 Å². The summed E-state index contributed by atoms with van der Waals surface area (Å²) in [6.45, 7) is 0.540. The summed E-state index contributed by atoms with van der Waals surface area (Å²) in [4.78, 5) is 24.8. The molecule has 1 aromatic heterocycles. The van der Waals surface area contributed by atoms with E-state index in [4.69, 9.17) is 5.73 Å². The minimum Gasteiger partial charge on any atom is -0.330 e. The number of aromatic nitrogens is 2. The molecule has 1 aromatic carbocycles. The predicted molar refractivity (Wildman–Crippen MR) is 73.2 cm³/mol. The van der Waals surface area contributed by atoms with Gasteiger partial charge in [0.2, 0.25) is 0 Å². The van der Waals surface area contributed by atoms with E-state index in [-0.39, 0.29) is 0 Å². The van der Waals surface area contributed by atoms with Crippen LogP contribution in [0.3, 0.4) is 0 Å². The quantitative estimate of drug-likeness (QED) is 0.753. The molecule has 0 saturated heterocycles. The Bertz CT molecular complexity index is 730. The zero-order chi connectivity index (χ0) is 13.7. The van der Waals surface area contributed by atoms with Crippen LogP contribution in [0.2, 0.25) is 0 Å². The van der Waals surface area contributed by atoms with E-state index in [2.05, 4.69) is 16.8 Å². The van der Waals surface area contributed by atoms with Crippen molar-refractivity contribution in [2.75, 3.05) is 6.54 Å². The van der Waals surface area contributed by atoms with Crippen molar-refractivity contribution in [2.45, 2.75) is 6.42 Å². The number of nitrogens with zero attached hydrogens (tertiary/aromatic N) is 1. The summed E-state index contributed by atoms with van der Waals surface area (Å²) in [7, 11) is 0. The van der Waals surface area contributed by atoms with Crippen molar-refractivity contribution < 1.29 is 0 Å². The fourth-order valence-electron chi connectivity index (χ4n) is 1.56. The largest absolute Gasteiger partial charge is 0.332 e. The third-order valence-corrected chi connectivity index (χ3v) is 2.47. The standard InChI is InChI=1S/C14H13N3O2/c15-9-2-1-3-11-4-6-12(7-5-11)17-10-8-13(18)16-14(17)19/h4-8,10H,2,9,15H2,(H,16,18,19). The molecule has 3 N–H and O–H groups in total. The molecular formula is C14H13N3O2. The Morgan fingerprint density at radius 3 is 2.53 bits per heavy atom. The summed E-state index contributed by atoms with van der Waals surface area (Å²) in [5.74, 6) is 5.91. The van der Waals surface area contributed by atoms with Crippen LogP contribution in [0.1, 0.15) is 12.0 Å². The maximum Gasteiger partial charge on any atom is 0.332 e. The van der Waals surface area contributed by atoms with Gasteiger partial charge in [-0.05, 0) is 24.3 Å². The van der Waals surface area contributed by atoms with Gasteiger partial charge in [0, 0.05) is 30.8 Å². The van der Waals surface area contributed by atoms with E-state index >= 15 is 0 Å². The first-order valence-electron chi connectivity index (χ1n) is 5.82. The van der Waals surface area contributed by atoms with Crippen molar-refractivity contribution >= 4 is 0 Å². The van der Waals surface area contributed by atoms with Gasteiger partial charge in [-0.1, -0.05) is 11.8 Å². The van der Waals surface area contributed by atoms with E-state index in [1.165, 1.54) is 16.8 Å². The van der Waals surface area contributed by atoms with E-state index < -0.39 is 11.2 Å². The number of H-pyrrole nitrogens is 1. The normalized spacial score (nSPS) is 9.74. The second-order valence-electron chi connectivity index (χ2n) is 3.87. The van der Waals surface area contributed by atoms with Gasteiger partial charge in [-0.3, -0.25) is 14.3 Å². The molecule has 5 nitrogen and oxygen atoms in total. The van der Waals surface area contributed by atoms with Gasteiger partial charge in [0.25, 0.3) is 5.56 Å². The second kappa shape index (κ2) is 5.85. The third-order valence-electron chi connectivity index (χ3n) is 2.47. The van der Waals surface area contributed by atoms with Crippen molar-refractivity contribution in [1.29, 1.82) is 0 Å². The lowest BCUT2D eigenvalue weighted by Crippen LogP contribution is -2.27. The number of aromatic amines is 1. The van der Waals surface area contributed by atoms with Gasteiger partial charge in [-0.2, -0.15) is 0 Å². The van der Waals surface area contributed by atoms with E-state index in [0.29, 0.717) is 18.7 Å². The molecule has 19 heavy (non-hydrogen) atoms. The highest BCUT2D eigenvalue weighted by atomic mass is 16.2. The molecule has 0 saturated carbocycles. The molecule has 0 bridgehead atoms. The fourth-order valence-corrected chi connectivity index (χ4v) is 1.56. The average molecular weight is 255 g/mol. The van der Waals surface area contributed by atoms with Crippen molar-refractivity contribution in [1.82, 2.24) is 9.55 Å². The highest BCUT2D eigenvalue weighted by molar-refractivity contribution is 5.41. The van der Waals surface area contributed by atoms with Gasteiger partial charge in [0.05, 0.1) is 5.69 Å². The minimum absolute atomic E-state index is 0.412. The number of rotatable bonds is 2. The van der Waals surface area contributed by atoms with Gasteiger partial charge in [-0.25, -0.2) is 4.79 Å². The van der Waals surface area contributed by atoms with Gasteiger partial charge in [0.15, 0.2) is 0 Å². The van der Waals surface area contributed by atoms with Crippen molar-refractivity contribution in [3.8, 4) is 17.5 Å². The Morgan fingerprint density at radius 2 is 1.89 bits per heavy atom. The van der Waals surface area contributed by atoms with Crippen LogP contribution in [0.5, 0.6) is 0 Å². The second-order valence-corrected chi connectivity index (χ2v) is 3.87. The summed E-state index contributed by atoms with van der Waals surface area (Å²) in [6.07, 6.45) is 2.09. The van der Waals surface area contributed by atoms with Crippen LogP contribution in [0.4, 0.5) is 0 Å². The molecule has 2 aromatic rings. The number of hydrogen-bond acceptors (Lipinski definition) is 3. The minimum atomic E-state index is -0.463. The van der Waals surface area contributed by atoms with Crippen LogP contribution in [0.15, 0.2) is 46.1 Å². The van der Waals surface area contributed by atoms with Crippen molar-refractivity contribution in [3.05, 3.63) is 62.9 Å². The smallest absolute Gasteiger partial charge is 0.330 e. The molecule has 0 unspecified atom stereocenters. The molecule has 0 radical (unpaired) electrons. The Balaban J connectivity index is 2.31. The van der Waals surface area contributed by atoms with E-state index in [0.717, 1.165) is 5.56 Å². The first-order chi connectivity index (χ1) is 9.20. The van der Waals surface area contributed by atoms with Crippen molar-refractivity contribution in [3.63, 3.8) is 0 Å². The lowest BCUT2D eigenvalue weighted by Gasteiger charge is -2.03. The summed E-state index contributed by atoms with van der Waals surface area (Å²) in [5, 5.41) is 0. The molecule has 0 aliphatic heterocycles. The van der Waals surface area contributed by atoms with Crippen LogP contribution < -0.4 is 17.0 Å². The third kappa shape index (κ3) is 3.21. The molecule has 0 fully saturated rings. The van der Waals surface area contributed by atoms with E-state index in [1.807, 2.05) is 12.1 Å². The monoisotopic (exact) mass is 255 g/mol. The first kappa shape index (κ1) is 12.9. The first-order valence-corrected chi connectivity index (χ1v) is 5.82. The van der Waals surface area contributed by atoms with E-state index in [9.17, 15) is 9.59 Å². The number of hydrogen-bond donors (Lipinski definition) is 2. The highest BCUT2D eigenvalue weighted by Crippen LogP contribution is 2.06. The Labute approximate surface area is 109 Å². The topological polar surface area (TPSA) is 80.9 Å². The summed E-state index contributed by atoms with van der Waals surface area (Å²) in [5.41, 5.74) is 6.01. The average Bonchev–Trinajstić information content (AvgIpc) is 2.40. The number of nitrogens with one attached hydrogen (secondary N) is 1. The Hall–Kier alpha value is -2.58. The van der Waals surface area contributed by atoms with Crippen LogP contribution in [-0.2, 0) is 0 Å². The summed E-state index contributed by atoms with van der Waals surface area (Å²) in [6, 6.07) is 8.47. The molecule has 1 heterocycles. The maximum atomic E-state index is 11.6. The van der Waals surface area contributed by atoms with E-state index in [1.54, 1.807) is 12.1 Å². The zero-order valence-corrected chi connectivity index (χ0v) is 10.2. The molecule has 96 valence electrons. The van der Waals surface area contributed by atoms with Crippen LogP contribution in [0.25, 0.3) is 5.69 Å². The molecule has 0 amide bonds. The Kier molecular flexibility index (Phi) is 3.96. The SMILES string of the molecule is NCCC#Cc1ccc(-n2ccc(=O)[nH]c2=O)cc1. The summed E-state index contributed by atoms with van der Waals surface area (Å²) >= 11 is 0. The molecule has 0 aliphatic rings. The van der Waals surface area contributed by atoms with Crippen LogP contribution in [-0.4, -0.2) is 16.1 Å². The van der Waals surface area contributed by atoms with Crippen LogP contribution >= 0.6 is 0 Å². The predicted octanol–water partition coefficient (Wildman–Crippen LogP) is 0.226. The zero-order valence-electron chi connectivity index (χ0n) is 10.2. The van der Waals surface area contributed by atoms with Gasteiger partial charge in [0.1, 0.15) is 0 Å².